The first-order chi connectivity index (χ1) is 14.9. The predicted molar refractivity (Wildman–Crippen MR) is 114 cm³/mol. The molecular weight excluding hydrogens is 400 g/mol. The van der Waals surface area contributed by atoms with Gasteiger partial charge in [0.05, 0.1) is 13.4 Å². The lowest BCUT2D eigenvalue weighted by Gasteiger charge is -2.11. The summed E-state index contributed by atoms with van der Waals surface area (Å²) in [6.07, 6.45) is 2.86. The Morgan fingerprint density at radius 3 is 2.19 bits per heavy atom. The van der Waals surface area contributed by atoms with E-state index in [0.29, 0.717) is 22.7 Å². The summed E-state index contributed by atoms with van der Waals surface area (Å²) in [7, 11) is 1.55. The molecule has 3 rings (SSSR count). The molecule has 2 aromatic carbocycles. The number of nitrogens with one attached hydrogen (secondary N) is 2. The highest BCUT2D eigenvalue weighted by atomic mass is 16.5. The van der Waals surface area contributed by atoms with Gasteiger partial charge in [-0.15, -0.1) is 0 Å². The Balaban J connectivity index is 1.83. The minimum Gasteiger partial charge on any atom is -0.497 e. The van der Waals surface area contributed by atoms with Gasteiger partial charge in [0.1, 0.15) is 17.2 Å². The summed E-state index contributed by atoms with van der Waals surface area (Å²) >= 11 is 0. The van der Waals surface area contributed by atoms with Gasteiger partial charge >= 0.3 is 5.97 Å². The fraction of sp³-hybridized carbons (Fsp3) is 0.0870. The standard InChI is InChI=1S/C23H20N2O6/c1-15(26)31-19-9-5-16(6-10-19)14-20(25-23(28)21-4-3-13-30-21)22(27)24-17-7-11-18(29-2)12-8-17/h3-14H,1-2H3,(H,24,27)(H,25,28)/b20-14-. The van der Waals surface area contributed by atoms with E-state index in [1.165, 1.54) is 25.3 Å². The molecule has 31 heavy (non-hydrogen) atoms. The Kier molecular flexibility index (Phi) is 6.85. The van der Waals surface area contributed by atoms with Crippen molar-refractivity contribution >= 4 is 29.5 Å². The molecule has 1 heterocycles. The van der Waals surface area contributed by atoms with Crippen LogP contribution in [0.2, 0.25) is 0 Å². The van der Waals surface area contributed by atoms with Crippen molar-refractivity contribution in [3.8, 4) is 11.5 Å². The Morgan fingerprint density at radius 1 is 0.935 bits per heavy atom. The lowest BCUT2D eigenvalue weighted by atomic mass is 10.1. The molecule has 0 aliphatic heterocycles. The fourth-order valence-corrected chi connectivity index (χ4v) is 2.59. The highest BCUT2D eigenvalue weighted by Crippen LogP contribution is 2.18. The van der Waals surface area contributed by atoms with Crippen LogP contribution in [-0.2, 0) is 9.59 Å². The van der Waals surface area contributed by atoms with Gasteiger partial charge in [0.25, 0.3) is 11.8 Å². The number of furan rings is 1. The van der Waals surface area contributed by atoms with Crippen LogP contribution in [0.25, 0.3) is 6.08 Å². The maximum absolute atomic E-state index is 12.9. The van der Waals surface area contributed by atoms with Crippen LogP contribution in [-0.4, -0.2) is 24.9 Å². The summed E-state index contributed by atoms with van der Waals surface area (Å²) in [5.74, 6) is -0.463. The topological polar surface area (TPSA) is 107 Å². The van der Waals surface area contributed by atoms with Crippen molar-refractivity contribution in [2.24, 2.45) is 0 Å². The lowest BCUT2D eigenvalue weighted by Crippen LogP contribution is -2.30. The van der Waals surface area contributed by atoms with E-state index >= 15 is 0 Å². The Morgan fingerprint density at radius 2 is 1.61 bits per heavy atom. The molecule has 0 aliphatic rings. The molecule has 8 heteroatoms. The summed E-state index contributed by atoms with van der Waals surface area (Å²) < 4.78 is 15.2. The van der Waals surface area contributed by atoms with Crippen molar-refractivity contribution in [3.05, 3.63) is 83.9 Å². The van der Waals surface area contributed by atoms with E-state index < -0.39 is 17.8 Å². The molecule has 3 aromatic rings. The third-order valence-electron chi connectivity index (χ3n) is 4.04. The molecule has 2 N–H and O–H groups in total. The molecule has 0 bridgehead atoms. The zero-order valence-corrected chi connectivity index (χ0v) is 16.9. The van der Waals surface area contributed by atoms with Gasteiger partial charge in [-0.1, -0.05) is 12.1 Å². The van der Waals surface area contributed by atoms with E-state index in [2.05, 4.69) is 10.6 Å². The third kappa shape index (κ3) is 6.07. The summed E-state index contributed by atoms with van der Waals surface area (Å²) in [5.41, 5.74) is 1.13. The minimum atomic E-state index is -0.572. The lowest BCUT2D eigenvalue weighted by molar-refractivity contribution is -0.131. The van der Waals surface area contributed by atoms with Crippen LogP contribution >= 0.6 is 0 Å². The van der Waals surface area contributed by atoms with Crippen LogP contribution in [0.3, 0.4) is 0 Å². The molecule has 0 aliphatic carbocycles. The molecule has 8 nitrogen and oxygen atoms in total. The smallest absolute Gasteiger partial charge is 0.308 e. The molecule has 0 radical (unpaired) electrons. The average Bonchev–Trinajstić information content (AvgIpc) is 3.30. The van der Waals surface area contributed by atoms with Crippen molar-refractivity contribution in [1.29, 1.82) is 0 Å². The highest BCUT2D eigenvalue weighted by molar-refractivity contribution is 6.10. The molecule has 1 aromatic heterocycles. The minimum absolute atomic E-state index is 0.00236. The van der Waals surface area contributed by atoms with Gasteiger partial charge in [-0.05, 0) is 60.2 Å². The first kappa shape index (κ1) is 21.4. The van der Waals surface area contributed by atoms with Crippen LogP contribution in [0, 0.1) is 0 Å². The van der Waals surface area contributed by atoms with E-state index in [1.54, 1.807) is 61.7 Å². The zero-order chi connectivity index (χ0) is 22.2. The van der Waals surface area contributed by atoms with Crippen LogP contribution in [0.15, 0.2) is 77.0 Å². The second-order valence-corrected chi connectivity index (χ2v) is 6.33. The molecule has 0 spiro atoms. The fourth-order valence-electron chi connectivity index (χ4n) is 2.59. The molecule has 158 valence electrons. The number of esters is 1. The van der Waals surface area contributed by atoms with Crippen LogP contribution in [0.4, 0.5) is 5.69 Å². The van der Waals surface area contributed by atoms with E-state index in [0.717, 1.165) is 0 Å². The van der Waals surface area contributed by atoms with E-state index in [-0.39, 0.29) is 11.5 Å². The van der Waals surface area contributed by atoms with Gasteiger partial charge in [0.15, 0.2) is 5.76 Å². The number of hydrogen-bond acceptors (Lipinski definition) is 6. The summed E-state index contributed by atoms with van der Waals surface area (Å²) in [6.45, 7) is 1.31. The zero-order valence-electron chi connectivity index (χ0n) is 16.9. The van der Waals surface area contributed by atoms with Crippen LogP contribution in [0.1, 0.15) is 23.0 Å². The van der Waals surface area contributed by atoms with Gasteiger partial charge in [0, 0.05) is 12.6 Å². The van der Waals surface area contributed by atoms with Crippen molar-refractivity contribution in [2.75, 3.05) is 12.4 Å². The number of anilines is 1. The monoisotopic (exact) mass is 420 g/mol. The molecule has 0 atom stereocenters. The molecular formula is C23H20N2O6. The number of rotatable bonds is 7. The Labute approximate surface area is 178 Å². The van der Waals surface area contributed by atoms with Gasteiger partial charge in [-0.2, -0.15) is 0 Å². The summed E-state index contributed by atoms with van der Waals surface area (Å²) in [5, 5.41) is 5.29. The van der Waals surface area contributed by atoms with Crippen molar-refractivity contribution < 1.29 is 28.3 Å². The first-order valence-corrected chi connectivity index (χ1v) is 9.25. The number of carbonyl (C=O) groups excluding carboxylic acids is 3. The van der Waals surface area contributed by atoms with Gasteiger partial charge in [-0.3, -0.25) is 14.4 Å². The van der Waals surface area contributed by atoms with Gasteiger partial charge < -0.3 is 24.5 Å². The Hall–Kier alpha value is -4.33. The second kappa shape index (κ2) is 9.93. The van der Waals surface area contributed by atoms with Crippen molar-refractivity contribution in [1.82, 2.24) is 5.32 Å². The quantitative estimate of drug-likeness (QED) is 0.343. The second-order valence-electron chi connectivity index (χ2n) is 6.33. The number of methoxy groups -OCH3 is 1. The average molecular weight is 420 g/mol. The van der Waals surface area contributed by atoms with Gasteiger partial charge in [0.2, 0.25) is 0 Å². The molecule has 0 saturated heterocycles. The maximum atomic E-state index is 12.9. The molecule has 0 fully saturated rings. The number of ether oxygens (including phenoxy) is 2. The number of amides is 2. The van der Waals surface area contributed by atoms with Crippen molar-refractivity contribution in [2.45, 2.75) is 6.92 Å². The number of benzene rings is 2. The normalized spacial score (nSPS) is 10.8. The SMILES string of the molecule is COc1ccc(NC(=O)/C(=C/c2ccc(OC(C)=O)cc2)NC(=O)c2ccco2)cc1. The third-order valence-corrected chi connectivity index (χ3v) is 4.04. The van der Waals surface area contributed by atoms with E-state index in [4.69, 9.17) is 13.9 Å². The van der Waals surface area contributed by atoms with E-state index in [1.807, 2.05) is 0 Å². The molecule has 2 amide bonds. The first-order valence-electron chi connectivity index (χ1n) is 9.25. The van der Waals surface area contributed by atoms with Crippen LogP contribution < -0.4 is 20.1 Å². The molecule has 0 unspecified atom stereocenters. The van der Waals surface area contributed by atoms with E-state index in [9.17, 15) is 14.4 Å². The van der Waals surface area contributed by atoms with Crippen LogP contribution in [0.5, 0.6) is 11.5 Å². The van der Waals surface area contributed by atoms with Gasteiger partial charge in [-0.25, -0.2) is 0 Å². The number of carbonyl (C=O) groups is 3. The summed E-state index contributed by atoms with van der Waals surface area (Å²) in [4.78, 5) is 36.3. The van der Waals surface area contributed by atoms with Crippen molar-refractivity contribution in [3.63, 3.8) is 0 Å². The highest BCUT2D eigenvalue weighted by Gasteiger charge is 2.17. The predicted octanol–water partition coefficient (Wildman–Crippen LogP) is 3.62. The summed E-state index contributed by atoms with van der Waals surface area (Å²) in [6, 6.07) is 16.3. The molecule has 0 saturated carbocycles. The number of hydrogen-bond donors (Lipinski definition) is 2. The Bertz CT molecular complexity index is 1080. The maximum Gasteiger partial charge on any atom is 0.308 e. The largest absolute Gasteiger partial charge is 0.497 e.